The van der Waals surface area contributed by atoms with Crippen LogP contribution in [0.3, 0.4) is 0 Å². The highest BCUT2D eigenvalue weighted by Crippen LogP contribution is 2.27. The lowest BCUT2D eigenvalue weighted by atomic mass is 9.92. The van der Waals surface area contributed by atoms with Gasteiger partial charge >= 0.3 is 0 Å². The van der Waals surface area contributed by atoms with Gasteiger partial charge in [-0.15, -0.1) is 0 Å². The number of halogens is 1. The summed E-state index contributed by atoms with van der Waals surface area (Å²) in [6, 6.07) is 5.21. The molecule has 2 rings (SSSR count). The molecule has 1 aromatic rings. The van der Waals surface area contributed by atoms with E-state index in [4.69, 9.17) is 26.8 Å². The molecule has 0 aromatic heterocycles. The molecule has 2 N–H and O–H groups in total. The number of hydrogen-bond donors (Lipinski definition) is 1. The zero-order chi connectivity index (χ0) is 16.8. The predicted molar refractivity (Wildman–Crippen MR) is 91.1 cm³/mol. The first-order valence-corrected chi connectivity index (χ1v) is 8.37. The number of nitrogens with zero attached hydrogens (tertiary/aromatic N) is 1. The molecule has 128 valence electrons. The van der Waals surface area contributed by atoms with Gasteiger partial charge in [-0.1, -0.05) is 11.6 Å². The normalized spacial score (nSPS) is 19.5. The summed E-state index contributed by atoms with van der Waals surface area (Å²) >= 11 is 6.07. The number of nitrogens with two attached hydrogens (primary N) is 1. The topological polar surface area (TPSA) is 64.8 Å². The Balaban J connectivity index is 2.15. The average Bonchev–Trinajstić information content (AvgIpc) is 2.55. The molecule has 0 spiro atoms. The molecular formula is C17H25ClN2O3. The summed E-state index contributed by atoms with van der Waals surface area (Å²) in [5.41, 5.74) is 6.50. The molecule has 5 nitrogen and oxygen atoms in total. The number of carbonyl (C=O) groups is 1. The lowest BCUT2D eigenvalue weighted by molar-refractivity contribution is 0.0654. The first kappa shape index (κ1) is 18.0. The van der Waals surface area contributed by atoms with E-state index >= 15 is 0 Å². The minimum atomic E-state index is -0.0507. The first-order chi connectivity index (χ1) is 11.0. The molecule has 6 heteroatoms. The van der Waals surface area contributed by atoms with Gasteiger partial charge in [-0.3, -0.25) is 4.79 Å². The first-order valence-electron chi connectivity index (χ1n) is 7.99. The number of amides is 1. The zero-order valence-electron chi connectivity index (χ0n) is 13.8. The van der Waals surface area contributed by atoms with Crippen LogP contribution < -0.4 is 10.5 Å². The van der Waals surface area contributed by atoms with Gasteiger partial charge in [-0.25, -0.2) is 0 Å². The van der Waals surface area contributed by atoms with Crippen LogP contribution >= 0.6 is 11.6 Å². The molecule has 1 amide bonds. The van der Waals surface area contributed by atoms with Crippen molar-refractivity contribution in [3.8, 4) is 5.75 Å². The number of benzene rings is 1. The van der Waals surface area contributed by atoms with Gasteiger partial charge in [0.25, 0.3) is 5.91 Å². The minimum Gasteiger partial charge on any atom is -0.490 e. The fourth-order valence-electron chi connectivity index (χ4n) is 2.82. The fraction of sp³-hybridized carbons (Fsp3) is 0.588. The summed E-state index contributed by atoms with van der Waals surface area (Å²) in [4.78, 5) is 14.7. The molecule has 0 radical (unpaired) electrons. The second kappa shape index (κ2) is 8.52. The Labute approximate surface area is 142 Å². The van der Waals surface area contributed by atoms with Crippen LogP contribution in [-0.2, 0) is 4.74 Å². The Morgan fingerprint density at radius 1 is 1.48 bits per heavy atom. The number of piperidine rings is 1. The van der Waals surface area contributed by atoms with Crippen molar-refractivity contribution in [1.82, 2.24) is 4.90 Å². The van der Waals surface area contributed by atoms with Crippen molar-refractivity contribution in [2.45, 2.75) is 25.8 Å². The van der Waals surface area contributed by atoms with Gasteiger partial charge in [0.1, 0.15) is 12.4 Å². The molecule has 1 aromatic carbocycles. The molecule has 0 saturated carbocycles. The summed E-state index contributed by atoms with van der Waals surface area (Å²) < 4.78 is 10.6. The van der Waals surface area contributed by atoms with Gasteiger partial charge in [0.15, 0.2) is 0 Å². The second-order valence-electron chi connectivity index (χ2n) is 5.99. The Morgan fingerprint density at radius 2 is 2.26 bits per heavy atom. The van der Waals surface area contributed by atoms with Crippen LogP contribution in [0.1, 0.15) is 30.1 Å². The largest absolute Gasteiger partial charge is 0.490 e. The molecule has 2 atom stereocenters. The highest BCUT2D eigenvalue weighted by Gasteiger charge is 2.28. The summed E-state index contributed by atoms with van der Waals surface area (Å²) in [5.74, 6) is 0.828. The van der Waals surface area contributed by atoms with Crippen molar-refractivity contribution in [2.24, 2.45) is 11.7 Å². The Bertz CT molecular complexity index is 537. The maximum atomic E-state index is 12.9. The molecule has 1 aliphatic rings. The predicted octanol–water partition coefficient (Wildman–Crippen LogP) is 2.56. The van der Waals surface area contributed by atoms with E-state index in [9.17, 15) is 4.79 Å². The van der Waals surface area contributed by atoms with Crippen molar-refractivity contribution in [3.63, 3.8) is 0 Å². The number of methoxy groups -OCH3 is 1. The summed E-state index contributed by atoms with van der Waals surface area (Å²) in [5, 5.41) is 0.521. The van der Waals surface area contributed by atoms with E-state index in [1.54, 1.807) is 25.3 Å². The summed E-state index contributed by atoms with van der Waals surface area (Å²) in [6.07, 6.45) is 2.03. The van der Waals surface area contributed by atoms with Crippen LogP contribution in [0.15, 0.2) is 18.2 Å². The van der Waals surface area contributed by atoms with E-state index in [0.717, 1.165) is 19.4 Å². The molecule has 2 unspecified atom stereocenters. The van der Waals surface area contributed by atoms with Crippen LogP contribution in [-0.4, -0.2) is 50.3 Å². The van der Waals surface area contributed by atoms with Crippen molar-refractivity contribution < 1.29 is 14.3 Å². The molecule has 0 bridgehead atoms. The minimum absolute atomic E-state index is 0.0507. The molecule has 1 saturated heterocycles. The van der Waals surface area contributed by atoms with E-state index < -0.39 is 0 Å². The lowest BCUT2D eigenvalue weighted by Gasteiger charge is -2.35. The molecule has 0 aliphatic carbocycles. The van der Waals surface area contributed by atoms with Crippen LogP contribution in [0, 0.1) is 5.92 Å². The quantitative estimate of drug-likeness (QED) is 0.808. The van der Waals surface area contributed by atoms with Gasteiger partial charge in [-0.2, -0.15) is 0 Å². The summed E-state index contributed by atoms with van der Waals surface area (Å²) in [7, 11) is 1.61. The van der Waals surface area contributed by atoms with Crippen LogP contribution in [0.5, 0.6) is 5.75 Å². The summed E-state index contributed by atoms with van der Waals surface area (Å²) in [6.45, 7) is 4.28. The van der Waals surface area contributed by atoms with Gasteiger partial charge < -0.3 is 20.1 Å². The number of hydrogen-bond acceptors (Lipinski definition) is 4. The third-order valence-corrected chi connectivity index (χ3v) is 4.44. The molecule has 1 aliphatic heterocycles. The number of ether oxygens (including phenoxy) is 2. The van der Waals surface area contributed by atoms with Crippen molar-refractivity contribution >= 4 is 17.5 Å². The number of rotatable bonds is 6. The van der Waals surface area contributed by atoms with Crippen LogP contribution in [0.25, 0.3) is 0 Å². The smallest absolute Gasteiger partial charge is 0.257 e. The maximum Gasteiger partial charge on any atom is 0.257 e. The van der Waals surface area contributed by atoms with E-state index in [1.807, 2.05) is 11.8 Å². The van der Waals surface area contributed by atoms with Crippen molar-refractivity contribution in [1.29, 1.82) is 0 Å². The maximum absolute atomic E-state index is 12.9. The van der Waals surface area contributed by atoms with E-state index in [-0.39, 0.29) is 11.9 Å². The highest BCUT2D eigenvalue weighted by atomic mass is 35.5. The fourth-order valence-corrected chi connectivity index (χ4v) is 3.00. The van der Waals surface area contributed by atoms with E-state index in [2.05, 4.69) is 0 Å². The standard InChI is InChI=1S/C17H25ClN2O3/c1-12(19)13-4-3-7-20(11-13)17(21)15-10-14(18)5-6-16(15)23-9-8-22-2/h5-6,10,12-13H,3-4,7-9,11,19H2,1-2H3. The zero-order valence-corrected chi connectivity index (χ0v) is 14.5. The number of carbonyl (C=O) groups excluding carboxylic acids is 1. The van der Waals surface area contributed by atoms with E-state index in [1.165, 1.54) is 0 Å². The lowest BCUT2D eigenvalue weighted by Crippen LogP contribution is -2.45. The Morgan fingerprint density at radius 3 is 2.96 bits per heavy atom. The van der Waals surface area contributed by atoms with Gasteiger partial charge in [0, 0.05) is 31.3 Å². The van der Waals surface area contributed by atoms with Crippen molar-refractivity contribution in [2.75, 3.05) is 33.4 Å². The Kier molecular flexibility index (Phi) is 6.69. The van der Waals surface area contributed by atoms with Gasteiger partial charge in [0.05, 0.1) is 12.2 Å². The van der Waals surface area contributed by atoms with Gasteiger partial charge in [0.2, 0.25) is 0 Å². The third kappa shape index (κ3) is 4.83. The van der Waals surface area contributed by atoms with Crippen LogP contribution in [0.4, 0.5) is 0 Å². The SMILES string of the molecule is COCCOc1ccc(Cl)cc1C(=O)N1CCCC(C(C)N)C1. The third-order valence-electron chi connectivity index (χ3n) is 4.21. The highest BCUT2D eigenvalue weighted by molar-refractivity contribution is 6.31. The Hall–Kier alpha value is -1.30. The van der Waals surface area contributed by atoms with Crippen LogP contribution in [0.2, 0.25) is 5.02 Å². The number of likely N-dealkylation sites (tertiary alicyclic amines) is 1. The molecule has 1 fully saturated rings. The second-order valence-corrected chi connectivity index (χ2v) is 6.43. The van der Waals surface area contributed by atoms with E-state index in [0.29, 0.717) is 42.0 Å². The van der Waals surface area contributed by atoms with Crippen molar-refractivity contribution in [3.05, 3.63) is 28.8 Å². The molecule has 23 heavy (non-hydrogen) atoms. The molecular weight excluding hydrogens is 316 g/mol. The molecule has 1 heterocycles. The monoisotopic (exact) mass is 340 g/mol. The average molecular weight is 341 g/mol. The van der Waals surface area contributed by atoms with Gasteiger partial charge in [-0.05, 0) is 43.9 Å².